The number of ketones is 1. The molecule has 4 heteroatoms. The molecule has 92 valence electrons. The highest BCUT2D eigenvalue weighted by atomic mass is 16.4. The number of unbranched alkanes of at least 4 members (excludes halogenated alkanes) is 1. The maximum Gasteiger partial charge on any atom is 0.264 e. The summed E-state index contributed by atoms with van der Waals surface area (Å²) < 4.78 is 5.50. The third-order valence-corrected chi connectivity index (χ3v) is 2.96. The van der Waals surface area contributed by atoms with Crippen LogP contribution < -0.4 is 4.90 Å². The first-order valence-corrected chi connectivity index (χ1v) is 6.16. The van der Waals surface area contributed by atoms with Gasteiger partial charge in [-0.2, -0.15) is 0 Å². The second kappa shape index (κ2) is 5.66. The Balaban J connectivity index is 1.92. The Bertz CT molecular complexity index is 392. The number of oxazole rings is 1. The minimum Gasteiger partial charge on any atom is -0.417 e. The number of carbonyl (C=O) groups is 1. The molecule has 1 saturated heterocycles. The minimum atomic E-state index is -0.0164. The van der Waals surface area contributed by atoms with E-state index in [1.165, 1.54) is 12.8 Å². The van der Waals surface area contributed by atoms with Crippen LogP contribution in [0.15, 0.2) is 23.3 Å². The first kappa shape index (κ1) is 11.9. The Kier molecular flexibility index (Phi) is 3.96. The molecule has 0 unspecified atom stereocenters. The van der Waals surface area contributed by atoms with Crippen molar-refractivity contribution in [3.8, 4) is 0 Å². The van der Waals surface area contributed by atoms with E-state index in [-0.39, 0.29) is 11.7 Å². The van der Waals surface area contributed by atoms with Crippen LogP contribution in [-0.2, 0) is 0 Å². The van der Waals surface area contributed by atoms with Gasteiger partial charge < -0.3 is 9.32 Å². The van der Waals surface area contributed by atoms with Crippen molar-refractivity contribution in [1.29, 1.82) is 0 Å². The third-order valence-electron chi connectivity index (χ3n) is 2.96. The molecule has 0 N–H and O–H groups in total. The SMILES string of the molecule is C=CCCCC(=O)c1ncc(N2CCCC2)o1. The van der Waals surface area contributed by atoms with Gasteiger partial charge in [0.25, 0.3) is 5.89 Å². The van der Waals surface area contributed by atoms with Crippen molar-refractivity contribution >= 4 is 11.7 Å². The Morgan fingerprint density at radius 2 is 2.29 bits per heavy atom. The number of nitrogens with zero attached hydrogens (tertiary/aromatic N) is 2. The third kappa shape index (κ3) is 2.96. The Labute approximate surface area is 101 Å². The summed E-state index contributed by atoms with van der Waals surface area (Å²) >= 11 is 0. The van der Waals surface area contributed by atoms with Gasteiger partial charge in [-0.3, -0.25) is 4.79 Å². The summed E-state index contributed by atoms with van der Waals surface area (Å²) in [7, 11) is 0. The number of hydrogen-bond acceptors (Lipinski definition) is 4. The number of rotatable bonds is 6. The molecule has 0 bridgehead atoms. The maximum absolute atomic E-state index is 11.7. The average molecular weight is 234 g/mol. The number of carbonyl (C=O) groups excluding carboxylic acids is 1. The van der Waals surface area contributed by atoms with E-state index >= 15 is 0 Å². The highest BCUT2D eigenvalue weighted by molar-refractivity contribution is 5.91. The van der Waals surface area contributed by atoms with E-state index in [9.17, 15) is 4.79 Å². The van der Waals surface area contributed by atoms with Gasteiger partial charge in [0.15, 0.2) is 0 Å². The molecule has 1 aliphatic rings. The average Bonchev–Trinajstić information content (AvgIpc) is 3.00. The highest BCUT2D eigenvalue weighted by Gasteiger charge is 2.19. The lowest BCUT2D eigenvalue weighted by Crippen LogP contribution is -2.16. The van der Waals surface area contributed by atoms with Crippen molar-refractivity contribution in [1.82, 2.24) is 4.98 Å². The van der Waals surface area contributed by atoms with E-state index in [0.717, 1.165) is 31.8 Å². The van der Waals surface area contributed by atoms with Crippen molar-refractivity contribution in [3.63, 3.8) is 0 Å². The summed E-state index contributed by atoms with van der Waals surface area (Å²) in [6.07, 6.45) is 7.98. The summed E-state index contributed by atoms with van der Waals surface area (Å²) in [5.41, 5.74) is 0. The molecule has 0 amide bonds. The van der Waals surface area contributed by atoms with Crippen LogP contribution in [0.2, 0.25) is 0 Å². The topological polar surface area (TPSA) is 46.3 Å². The van der Waals surface area contributed by atoms with Crippen molar-refractivity contribution < 1.29 is 9.21 Å². The molecule has 0 spiro atoms. The molecule has 1 fully saturated rings. The molecular weight excluding hydrogens is 216 g/mol. The molecular formula is C13H18N2O2. The predicted octanol–water partition coefficient (Wildman–Crippen LogP) is 2.81. The molecule has 0 aromatic carbocycles. The fourth-order valence-electron chi connectivity index (χ4n) is 1.99. The van der Waals surface area contributed by atoms with Gasteiger partial charge in [-0.25, -0.2) is 4.98 Å². The zero-order valence-corrected chi connectivity index (χ0v) is 10.0. The molecule has 1 aromatic rings. The summed E-state index contributed by atoms with van der Waals surface area (Å²) in [6, 6.07) is 0. The number of allylic oxidation sites excluding steroid dienone is 1. The number of aromatic nitrogens is 1. The van der Waals surface area contributed by atoms with Crippen LogP contribution in [0.1, 0.15) is 42.8 Å². The standard InChI is InChI=1S/C13H18N2O2/c1-2-3-4-7-11(16)13-14-10-12(17-13)15-8-5-6-9-15/h2,10H,1,3-9H2. The molecule has 0 aliphatic carbocycles. The minimum absolute atomic E-state index is 0.0164. The molecule has 0 radical (unpaired) electrons. The molecule has 2 heterocycles. The Morgan fingerprint density at radius 1 is 1.53 bits per heavy atom. The highest BCUT2D eigenvalue weighted by Crippen LogP contribution is 2.21. The summed E-state index contributed by atoms with van der Waals surface area (Å²) in [5.74, 6) is 0.961. The van der Waals surface area contributed by atoms with Crippen LogP contribution in [0.3, 0.4) is 0 Å². The normalized spacial score (nSPS) is 15.2. The van der Waals surface area contributed by atoms with Crippen LogP contribution in [0, 0.1) is 0 Å². The quantitative estimate of drug-likeness (QED) is 0.431. The van der Waals surface area contributed by atoms with Crippen LogP contribution in [0.4, 0.5) is 5.88 Å². The second-order valence-electron chi connectivity index (χ2n) is 4.30. The van der Waals surface area contributed by atoms with Gasteiger partial charge in [-0.1, -0.05) is 6.08 Å². The molecule has 1 aromatic heterocycles. The number of anilines is 1. The fraction of sp³-hybridized carbons (Fsp3) is 0.538. The van der Waals surface area contributed by atoms with E-state index in [0.29, 0.717) is 6.42 Å². The zero-order valence-electron chi connectivity index (χ0n) is 10.0. The summed E-state index contributed by atoms with van der Waals surface area (Å²) in [6.45, 7) is 5.63. The van der Waals surface area contributed by atoms with Gasteiger partial charge >= 0.3 is 0 Å². The fourth-order valence-corrected chi connectivity index (χ4v) is 1.99. The lowest BCUT2D eigenvalue weighted by Gasteiger charge is -2.11. The van der Waals surface area contributed by atoms with Crippen LogP contribution in [-0.4, -0.2) is 23.9 Å². The lowest BCUT2D eigenvalue weighted by molar-refractivity contribution is 0.0947. The molecule has 0 saturated carbocycles. The Morgan fingerprint density at radius 3 is 3.00 bits per heavy atom. The summed E-state index contributed by atoms with van der Waals surface area (Å²) in [5, 5.41) is 0. The first-order chi connectivity index (χ1) is 8.31. The molecule has 2 rings (SSSR count). The van der Waals surface area contributed by atoms with Gasteiger partial charge in [0.1, 0.15) is 0 Å². The van der Waals surface area contributed by atoms with Crippen LogP contribution >= 0.6 is 0 Å². The van der Waals surface area contributed by atoms with Gasteiger partial charge in [0, 0.05) is 19.5 Å². The number of hydrogen-bond donors (Lipinski definition) is 0. The second-order valence-corrected chi connectivity index (χ2v) is 4.30. The molecule has 1 aliphatic heterocycles. The van der Waals surface area contributed by atoms with Gasteiger partial charge in [-0.05, 0) is 25.7 Å². The first-order valence-electron chi connectivity index (χ1n) is 6.16. The smallest absolute Gasteiger partial charge is 0.264 e. The van der Waals surface area contributed by atoms with E-state index in [4.69, 9.17) is 4.42 Å². The largest absolute Gasteiger partial charge is 0.417 e. The summed E-state index contributed by atoms with van der Waals surface area (Å²) in [4.78, 5) is 17.9. The van der Waals surface area contributed by atoms with Crippen molar-refractivity contribution in [3.05, 3.63) is 24.7 Å². The van der Waals surface area contributed by atoms with E-state index in [1.54, 1.807) is 6.20 Å². The predicted molar refractivity (Wildman–Crippen MR) is 66.3 cm³/mol. The van der Waals surface area contributed by atoms with E-state index in [2.05, 4.69) is 16.5 Å². The van der Waals surface area contributed by atoms with Gasteiger partial charge in [0.2, 0.25) is 11.7 Å². The van der Waals surface area contributed by atoms with E-state index in [1.807, 2.05) is 6.08 Å². The Hall–Kier alpha value is -1.58. The lowest BCUT2D eigenvalue weighted by atomic mass is 10.2. The monoisotopic (exact) mass is 234 g/mol. The number of Topliss-reactive ketones (excluding diaryl/α,β-unsaturated/α-hetero) is 1. The zero-order chi connectivity index (χ0) is 12.1. The van der Waals surface area contributed by atoms with Gasteiger partial charge in [0.05, 0.1) is 6.20 Å². The molecule has 4 nitrogen and oxygen atoms in total. The molecule has 17 heavy (non-hydrogen) atoms. The van der Waals surface area contributed by atoms with Crippen molar-refractivity contribution in [2.24, 2.45) is 0 Å². The van der Waals surface area contributed by atoms with Crippen molar-refractivity contribution in [2.75, 3.05) is 18.0 Å². The van der Waals surface area contributed by atoms with E-state index < -0.39 is 0 Å². The van der Waals surface area contributed by atoms with Crippen LogP contribution in [0.25, 0.3) is 0 Å². The maximum atomic E-state index is 11.7. The van der Waals surface area contributed by atoms with Crippen molar-refractivity contribution in [2.45, 2.75) is 32.1 Å². The van der Waals surface area contributed by atoms with Crippen LogP contribution in [0.5, 0.6) is 0 Å². The van der Waals surface area contributed by atoms with Gasteiger partial charge in [-0.15, -0.1) is 6.58 Å². The molecule has 0 atom stereocenters.